The molecule has 2 N–H and O–H groups in total. The van der Waals surface area contributed by atoms with Crippen LogP contribution in [0.5, 0.6) is 5.75 Å². The SMILES string of the molecule is Cc1ccccc1NC(=O)N[C@@H]1c2ccccc2O[P@@]1(=O)c1ccccc1. The molecule has 1 heterocycles. The second-order valence-corrected chi connectivity index (χ2v) is 8.79. The molecule has 0 saturated carbocycles. The molecule has 3 aromatic rings. The Morgan fingerprint density at radius 2 is 1.59 bits per heavy atom. The number of fused-ring (bicyclic) bond motifs is 1. The number of carbonyl (C=O) groups is 1. The molecule has 27 heavy (non-hydrogen) atoms. The first kappa shape index (κ1) is 17.4. The van der Waals surface area contributed by atoms with Gasteiger partial charge in [0.15, 0.2) is 5.78 Å². The van der Waals surface area contributed by atoms with Crippen LogP contribution in [-0.4, -0.2) is 6.03 Å². The zero-order valence-electron chi connectivity index (χ0n) is 14.8. The van der Waals surface area contributed by atoms with Gasteiger partial charge in [0.05, 0.1) is 5.30 Å². The number of hydrogen-bond acceptors (Lipinski definition) is 3. The van der Waals surface area contributed by atoms with Gasteiger partial charge in [0.1, 0.15) is 5.75 Å². The number of aryl methyl sites for hydroxylation is 1. The number of para-hydroxylation sites is 2. The fraction of sp³-hybridized carbons (Fsp3) is 0.0952. The molecule has 0 spiro atoms. The van der Waals surface area contributed by atoms with Crippen molar-refractivity contribution in [1.82, 2.24) is 5.32 Å². The molecular formula is C21H19N2O3P. The summed E-state index contributed by atoms with van der Waals surface area (Å²) in [5.74, 6) is -0.217. The highest BCUT2D eigenvalue weighted by molar-refractivity contribution is 7.68. The summed E-state index contributed by atoms with van der Waals surface area (Å²) in [4.78, 5) is 12.7. The predicted octanol–water partition coefficient (Wildman–Crippen LogP) is 4.81. The Morgan fingerprint density at radius 1 is 0.926 bits per heavy atom. The predicted molar refractivity (Wildman–Crippen MR) is 107 cm³/mol. The first-order valence-corrected chi connectivity index (χ1v) is 10.3. The largest absolute Gasteiger partial charge is 0.438 e. The highest BCUT2D eigenvalue weighted by Gasteiger charge is 2.46. The number of benzene rings is 3. The van der Waals surface area contributed by atoms with Gasteiger partial charge >= 0.3 is 13.4 Å². The van der Waals surface area contributed by atoms with E-state index in [4.69, 9.17) is 4.52 Å². The Labute approximate surface area is 157 Å². The zero-order valence-corrected chi connectivity index (χ0v) is 15.6. The molecule has 3 aromatic carbocycles. The summed E-state index contributed by atoms with van der Waals surface area (Å²) in [5, 5.41) is 6.26. The highest BCUT2D eigenvalue weighted by Crippen LogP contribution is 2.64. The van der Waals surface area contributed by atoms with Crippen LogP contribution in [0.3, 0.4) is 0 Å². The zero-order chi connectivity index (χ0) is 18.9. The van der Waals surface area contributed by atoms with E-state index in [1.165, 1.54) is 0 Å². The normalized spacial score (nSPS) is 20.4. The van der Waals surface area contributed by atoms with E-state index in [2.05, 4.69) is 10.6 Å². The number of urea groups is 1. The smallest absolute Gasteiger partial charge is 0.320 e. The van der Waals surface area contributed by atoms with Crippen molar-refractivity contribution in [3.63, 3.8) is 0 Å². The van der Waals surface area contributed by atoms with Crippen molar-refractivity contribution in [2.75, 3.05) is 5.32 Å². The molecule has 2 amide bonds. The maximum atomic E-state index is 13.8. The Morgan fingerprint density at radius 3 is 2.37 bits per heavy atom. The third kappa shape index (κ3) is 3.22. The molecule has 2 atom stereocenters. The molecule has 136 valence electrons. The molecule has 1 aliphatic rings. The van der Waals surface area contributed by atoms with E-state index in [0.29, 0.717) is 22.3 Å². The fourth-order valence-corrected chi connectivity index (χ4v) is 5.59. The Kier molecular flexibility index (Phi) is 4.46. The van der Waals surface area contributed by atoms with E-state index in [9.17, 15) is 9.36 Å². The number of rotatable bonds is 3. The summed E-state index contributed by atoms with van der Waals surface area (Å²) in [6.45, 7) is 1.92. The molecule has 0 fully saturated rings. The molecule has 0 aliphatic carbocycles. The number of hydrogen-bond donors (Lipinski definition) is 2. The van der Waals surface area contributed by atoms with Crippen LogP contribution in [-0.2, 0) is 4.57 Å². The van der Waals surface area contributed by atoms with E-state index >= 15 is 0 Å². The lowest BCUT2D eigenvalue weighted by atomic mass is 10.2. The number of carbonyl (C=O) groups excluding carboxylic acids is 1. The summed E-state index contributed by atoms with van der Waals surface area (Å²) >= 11 is 0. The minimum atomic E-state index is -3.36. The van der Waals surface area contributed by atoms with Crippen molar-refractivity contribution in [1.29, 1.82) is 0 Å². The minimum Gasteiger partial charge on any atom is -0.438 e. The first-order chi connectivity index (χ1) is 13.1. The molecule has 1 aliphatic heterocycles. The van der Waals surface area contributed by atoms with Crippen LogP contribution in [0.15, 0.2) is 78.9 Å². The fourth-order valence-electron chi connectivity index (χ4n) is 3.17. The quantitative estimate of drug-likeness (QED) is 0.643. The third-order valence-electron chi connectivity index (χ3n) is 4.56. The van der Waals surface area contributed by atoms with Gasteiger partial charge in [0.25, 0.3) is 0 Å². The molecule has 0 unspecified atom stereocenters. The Bertz CT molecular complexity index is 1040. The van der Waals surface area contributed by atoms with Crippen LogP contribution in [0, 0.1) is 6.92 Å². The van der Waals surface area contributed by atoms with Gasteiger partial charge in [-0.1, -0.05) is 54.6 Å². The maximum Gasteiger partial charge on any atom is 0.320 e. The Balaban J connectivity index is 1.66. The summed E-state index contributed by atoms with van der Waals surface area (Å²) in [6.07, 6.45) is 0. The summed E-state index contributed by atoms with van der Waals surface area (Å²) in [6, 6.07) is 23.3. The van der Waals surface area contributed by atoms with E-state index < -0.39 is 19.2 Å². The molecule has 0 bridgehead atoms. The van der Waals surface area contributed by atoms with Crippen molar-refractivity contribution in [3.05, 3.63) is 90.0 Å². The lowest BCUT2D eigenvalue weighted by Gasteiger charge is -2.21. The number of nitrogens with one attached hydrogen (secondary N) is 2. The number of amides is 2. The third-order valence-corrected chi connectivity index (χ3v) is 7.14. The van der Waals surface area contributed by atoms with E-state index in [-0.39, 0.29) is 0 Å². The van der Waals surface area contributed by atoms with Crippen LogP contribution < -0.4 is 20.5 Å². The minimum absolute atomic E-state index is 0.425. The van der Waals surface area contributed by atoms with Gasteiger partial charge in [0.2, 0.25) is 0 Å². The lowest BCUT2D eigenvalue weighted by Crippen LogP contribution is -2.33. The van der Waals surface area contributed by atoms with Crippen LogP contribution in [0.4, 0.5) is 10.5 Å². The molecule has 5 nitrogen and oxygen atoms in total. The van der Waals surface area contributed by atoms with Crippen molar-refractivity contribution < 1.29 is 13.9 Å². The van der Waals surface area contributed by atoms with Gasteiger partial charge in [-0.15, -0.1) is 0 Å². The molecular weight excluding hydrogens is 359 g/mol. The van der Waals surface area contributed by atoms with E-state index in [1.54, 1.807) is 18.2 Å². The monoisotopic (exact) mass is 378 g/mol. The molecule has 4 rings (SSSR count). The topological polar surface area (TPSA) is 67.4 Å². The lowest BCUT2D eigenvalue weighted by molar-refractivity contribution is 0.251. The van der Waals surface area contributed by atoms with Crippen molar-refractivity contribution in [2.24, 2.45) is 0 Å². The van der Waals surface area contributed by atoms with Crippen LogP contribution in [0.2, 0.25) is 0 Å². The number of anilines is 1. The van der Waals surface area contributed by atoms with Gasteiger partial charge in [-0.2, -0.15) is 0 Å². The molecule has 0 aromatic heterocycles. The van der Waals surface area contributed by atoms with Crippen molar-refractivity contribution in [3.8, 4) is 5.75 Å². The van der Waals surface area contributed by atoms with Crippen LogP contribution in [0.1, 0.15) is 16.9 Å². The van der Waals surface area contributed by atoms with Crippen LogP contribution >= 0.6 is 7.37 Å². The van der Waals surface area contributed by atoms with E-state index in [0.717, 1.165) is 5.56 Å². The standard InChI is InChI=1S/C21H19N2O3P/c1-15-9-5-7-13-18(15)22-21(24)23-20-17-12-6-8-14-19(17)26-27(20,25)16-10-3-2-4-11-16/h2-14,20H,1H3,(H2,22,23,24)/t20-,27-/m0/s1. The molecule has 6 heteroatoms. The van der Waals surface area contributed by atoms with Gasteiger partial charge in [0, 0.05) is 11.3 Å². The van der Waals surface area contributed by atoms with E-state index in [1.807, 2.05) is 67.6 Å². The molecule has 0 saturated heterocycles. The summed E-state index contributed by atoms with van der Waals surface area (Å²) < 4.78 is 19.7. The molecule has 0 radical (unpaired) electrons. The van der Waals surface area contributed by atoms with Gasteiger partial charge in [-0.25, -0.2) is 4.79 Å². The summed E-state index contributed by atoms with van der Waals surface area (Å²) in [5.41, 5.74) is 2.36. The van der Waals surface area contributed by atoms with Gasteiger partial charge in [-0.3, -0.25) is 4.57 Å². The second-order valence-electron chi connectivity index (χ2n) is 6.38. The van der Waals surface area contributed by atoms with Crippen LogP contribution in [0.25, 0.3) is 0 Å². The maximum absolute atomic E-state index is 13.8. The first-order valence-electron chi connectivity index (χ1n) is 8.65. The second kappa shape index (κ2) is 6.93. The summed E-state index contributed by atoms with van der Waals surface area (Å²) in [7, 11) is -3.36. The average Bonchev–Trinajstić information content (AvgIpc) is 2.97. The van der Waals surface area contributed by atoms with Crippen molar-refractivity contribution >= 4 is 24.4 Å². The highest BCUT2D eigenvalue weighted by atomic mass is 31.2. The average molecular weight is 378 g/mol. The van der Waals surface area contributed by atoms with Gasteiger partial charge < -0.3 is 15.2 Å². The van der Waals surface area contributed by atoms with Crippen molar-refractivity contribution in [2.45, 2.75) is 12.7 Å². The van der Waals surface area contributed by atoms with Gasteiger partial charge in [-0.05, 0) is 36.8 Å². The Hall–Kier alpha value is -3.04.